The van der Waals surface area contributed by atoms with Crippen molar-refractivity contribution >= 4 is 17.5 Å². The number of carbonyl (C=O) groups is 2. The van der Waals surface area contributed by atoms with E-state index in [1.807, 2.05) is 30.3 Å². The lowest BCUT2D eigenvalue weighted by atomic mass is 10.2. The minimum atomic E-state index is 0.0321. The summed E-state index contributed by atoms with van der Waals surface area (Å²) in [7, 11) is 1.77. The van der Waals surface area contributed by atoms with Crippen LogP contribution in [0.4, 0.5) is 5.69 Å². The summed E-state index contributed by atoms with van der Waals surface area (Å²) >= 11 is 0. The molecule has 1 rings (SSSR count). The minimum absolute atomic E-state index is 0.0321. The number of amides is 2. The maximum absolute atomic E-state index is 12.1. The van der Waals surface area contributed by atoms with Crippen molar-refractivity contribution in [3.05, 3.63) is 30.3 Å². The molecule has 0 aromatic heterocycles. The van der Waals surface area contributed by atoms with Gasteiger partial charge < -0.3 is 15.1 Å². The first-order chi connectivity index (χ1) is 11.6. The quantitative estimate of drug-likeness (QED) is 0.634. The molecule has 1 aromatic carbocycles. The van der Waals surface area contributed by atoms with E-state index in [9.17, 15) is 9.59 Å². The lowest BCUT2D eigenvalue weighted by Crippen LogP contribution is -2.30. The fraction of sp³-hybridized carbons (Fsp3) is 0.579. The van der Waals surface area contributed by atoms with Crippen molar-refractivity contribution in [1.29, 1.82) is 0 Å². The molecule has 0 unspecified atom stereocenters. The minimum Gasteiger partial charge on any atom is -0.356 e. The van der Waals surface area contributed by atoms with E-state index in [1.54, 1.807) is 11.9 Å². The summed E-state index contributed by atoms with van der Waals surface area (Å²) in [6, 6.07) is 9.54. The van der Waals surface area contributed by atoms with E-state index in [4.69, 9.17) is 0 Å². The first-order valence-corrected chi connectivity index (χ1v) is 8.89. The number of hydrogen-bond acceptors (Lipinski definition) is 3. The van der Waals surface area contributed by atoms with Crippen LogP contribution in [-0.2, 0) is 9.59 Å². The van der Waals surface area contributed by atoms with Crippen molar-refractivity contribution in [3.8, 4) is 0 Å². The molecule has 0 saturated heterocycles. The SMILES string of the molecule is CCN(CC)CCCNC(=O)CCCC(=O)N(C)c1ccccc1. The number of nitrogens with one attached hydrogen (secondary N) is 1. The van der Waals surface area contributed by atoms with Crippen molar-refractivity contribution in [2.75, 3.05) is 38.1 Å². The van der Waals surface area contributed by atoms with E-state index in [0.29, 0.717) is 25.8 Å². The van der Waals surface area contributed by atoms with Crippen molar-refractivity contribution in [2.24, 2.45) is 0 Å². The number of para-hydroxylation sites is 1. The highest BCUT2D eigenvalue weighted by Crippen LogP contribution is 2.13. The molecule has 0 radical (unpaired) electrons. The average Bonchev–Trinajstić information content (AvgIpc) is 2.61. The van der Waals surface area contributed by atoms with Gasteiger partial charge in [-0.3, -0.25) is 9.59 Å². The van der Waals surface area contributed by atoms with Crippen LogP contribution in [-0.4, -0.2) is 49.9 Å². The second-order valence-electron chi connectivity index (χ2n) is 5.87. The highest BCUT2D eigenvalue weighted by Gasteiger charge is 2.11. The van der Waals surface area contributed by atoms with Crippen LogP contribution in [0.1, 0.15) is 39.5 Å². The topological polar surface area (TPSA) is 52.7 Å². The van der Waals surface area contributed by atoms with E-state index in [1.165, 1.54) is 0 Å². The summed E-state index contributed by atoms with van der Waals surface area (Å²) in [6.45, 7) is 8.08. The zero-order valence-corrected chi connectivity index (χ0v) is 15.3. The maximum atomic E-state index is 12.1. The third-order valence-electron chi connectivity index (χ3n) is 4.18. The number of benzene rings is 1. The normalized spacial score (nSPS) is 10.7. The lowest BCUT2D eigenvalue weighted by Gasteiger charge is -2.18. The molecule has 1 aromatic rings. The largest absolute Gasteiger partial charge is 0.356 e. The summed E-state index contributed by atoms with van der Waals surface area (Å²) in [4.78, 5) is 27.9. The molecular weight excluding hydrogens is 302 g/mol. The Hall–Kier alpha value is -1.88. The molecule has 1 N–H and O–H groups in total. The number of rotatable bonds is 11. The van der Waals surface area contributed by atoms with E-state index in [2.05, 4.69) is 24.1 Å². The molecular formula is C19H31N3O2. The Morgan fingerprint density at radius 1 is 1.00 bits per heavy atom. The van der Waals surface area contributed by atoms with Crippen LogP contribution in [0.25, 0.3) is 0 Å². The zero-order valence-electron chi connectivity index (χ0n) is 15.3. The fourth-order valence-corrected chi connectivity index (χ4v) is 2.52. The second kappa shape index (κ2) is 11.6. The summed E-state index contributed by atoms with van der Waals surface area (Å²) < 4.78 is 0. The van der Waals surface area contributed by atoms with Crippen LogP contribution in [0.3, 0.4) is 0 Å². The van der Waals surface area contributed by atoms with Crippen molar-refractivity contribution in [2.45, 2.75) is 39.5 Å². The van der Waals surface area contributed by atoms with Gasteiger partial charge in [0.05, 0.1) is 0 Å². The van der Waals surface area contributed by atoms with E-state index in [-0.39, 0.29) is 11.8 Å². The van der Waals surface area contributed by atoms with Gasteiger partial charge in [0.15, 0.2) is 0 Å². The first-order valence-electron chi connectivity index (χ1n) is 8.89. The Morgan fingerprint density at radius 3 is 2.29 bits per heavy atom. The van der Waals surface area contributed by atoms with Crippen LogP contribution >= 0.6 is 0 Å². The van der Waals surface area contributed by atoms with E-state index < -0.39 is 0 Å². The molecule has 0 aliphatic rings. The van der Waals surface area contributed by atoms with E-state index in [0.717, 1.165) is 31.7 Å². The summed E-state index contributed by atoms with van der Waals surface area (Å²) in [5.41, 5.74) is 0.878. The monoisotopic (exact) mass is 333 g/mol. The average molecular weight is 333 g/mol. The highest BCUT2D eigenvalue weighted by molar-refractivity contribution is 5.92. The van der Waals surface area contributed by atoms with Crippen LogP contribution in [0.2, 0.25) is 0 Å². The van der Waals surface area contributed by atoms with Crippen molar-refractivity contribution < 1.29 is 9.59 Å². The Kier molecular flexibility index (Phi) is 9.77. The van der Waals surface area contributed by atoms with Crippen LogP contribution in [0.15, 0.2) is 30.3 Å². The molecule has 0 bridgehead atoms. The van der Waals surface area contributed by atoms with E-state index >= 15 is 0 Å². The molecule has 0 heterocycles. The molecule has 2 amide bonds. The molecule has 0 aliphatic carbocycles. The van der Waals surface area contributed by atoms with Crippen LogP contribution < -0.4 is 10.2 Å². The van der Waals surface area contributed by atoms with Gasteiger partial charge in [-0.15, -0.1) is 0 Å². The Labute approximate surface area is 146 Å². The second-order valence-corrected chi connectivity index (χ2v) is 5.87. The van der Waals surface area contributed by atoms with Gasteiger partial charge in [0.25, 0.3) is 0 Å². The smallest absolute Gasteiger partial charge is 0.226 e. The van der Waals surface area contributed by atoms with Gasteiger partial charge in [-0.05, 0) is 44.6 Å². The summed E-state index contributed by atoms with van der Waals surface area (Å²) in [6.07, 6.45) is 2.33. The predicted octanol–water partition coefficient (Wildman–Crippen LogP) is 2.67. The highest BCUT2D eigenvalue weighted by atomic mass is 16.2. The standard InChI is InChI=1S/C19H31N3O2/c1-4-22(5-2)16-10-15-20-18(23)13-9-14-19(24)21(3)17-11-7-6-8-12-17/h6-8,11-12H,4-5,9-10,13-16H2,1-3H3,(H,20,23). The first kappa shape index (κ1) is 20.2. The van der Waals surface area contributed by atoms with Gasteiger partial charge in [-0.2, -0.15) is 0 Å². The molecule has 5 nitrogen and oxygen atoms in total. The number of hydrogen-bond donors (Lipinski definition) is 1. The van der Waals surface area contributed by atoms with Gasteiger partial charge >= 0.3 is 0 Å². The van der Waals surface area contributed by atoms with Gasteiger partial charge in [0.1, 0.15) is 0 Å². The van der Waals surface area contributed by atoms with Crippen LogP contribution in [0, 0.1) is 0 Å². The van der Waals surface area contributed by atoms with Gasteiger partial charge in [-0.1, -0.05) is 32.0 Å². The molecule has 24 heavy (non-hydrogen) atoms. The maximum Gasteiger partial charge on any atom is 0.226 e. The number of carbonyl (C=O) groups excluding carboxylic acids is 2. The number of nitrogens with zero attached hydrogens (tertiary/aromatic N) is 2. The van der Waals surface area contributed by atoms with Gasteiger partial charge in [-0.25, -0.2) is 0 Å². The van der Waals surface area contributed by atoms with Crippen LogP contribution in [0.5, 0.6) is 0 Å². The summed E-state index contributed by atoms with van der Waals surface area (Å²) in [5, 5.41) is 2.93. The number of anilines is 1. The van der Waals surface area contributed by atoms with Crippen molar-refractivity contribution in [1.82, 2.24) is 10.2 Å². The molecule has 0 saturated carbocycles. The van der Waals surface area contributed by atoms with Gasteiger partial charge in [0, 0.05) is 32.1 Å². The fourth-order valence-electron chi connectivity index (χ4n) is 2.52. The Balaban J connectivity index is 2.15. The predicted molar refractivity (Wildman–Crippen MR) is 99.1 cm³/mol. The third kappa shape index (κ3) is 7.59. The molecule has 0 aliphatic heterocycles. The Bertz CT molecular complexity index is 487. The molecule has 0 atom stereocenters. The molecule has 0 spiro atoms. The third-order valence-corrected chi connectivity index (χ3v) is 4.18. The zero-order chi connectivity index (χ0) is 17.8. The molecule has 0 fully saturated rings. The summed E-state index contributed by atoms with van der Waals surface area (Å²) in [5.74, 6) is 0.0697. The lowest BCUT2D eigenvalue weighted by molar-refractivity contribution is -0.121. The molecule has 134 valence electrons. The van der Waals surface area contributed by atoms with Crippen molar-refractivity contribution in [3.63, 3.8) is 0 Å². The molecule has 5 heteroatoms. The van der Waals surface area contributed by atoms with Gasteiger partial charge in [0.2, 0.25) is 11.8 Å². The Morgan fingerprint density at radius 2 is 1.67 bits per heavy atom.